The molecule has 0 spiro atoms. The molecule has 4 aliphatic carbocycles. The van der Waals surface area contributed by atoms with Gasteiger partial charge in [-0.1, -0.05) is 83.2 Å². The van der Waals surface area contributed by atoms with Gasteiger partial charge in [0.15, 0.2) is 0 Å². The summed E-state index contributed by atoms with van der Waals surface area (Å²) in [6.45, 7) is 9.98. The van der Waals surface area contributed by atoms with Gasteiger partial charge in [0.25, 0.3) is 5.91 Å². The SMILES string of the molecule is CN(C)C(=O)C(NC(=O)CNC(=O)C(=O)C(CC1CC1)NC(=O)[C@@H]1[C@H]2CC(C)(C)O[C@H]2CN1C(=O)[C@@H](NC(=O)OC1C2(C)CCC(C2)C1(C)C)C1CCCCC1)c1ccccc1. The zero-order valence-electron chi connectivity index (χ0n) is 37.6. The topological polar surface area (TPSA) is 193 Å². The summed E-state index contributed by atoms with van der Waals surface area (Å²) < 4.78 is 12.7. The lowest BCUT2D eigenvalue weighted by Gasteiger charge is -2.42. The number of amides is 6. The smallest absolute Gasteiger partial charge is 0.408 e. The van der Waals surface area contributed by atoms with Gasteiger partial charge in [0, 0.05) is 37.4 Å². The molecule has 2 heterocycles. The number of ether oxygens (including phenoxy) is 2. The Bertz CT molecular complexity index is 1890. The van der Waals surface area contributed by atoms with Crippen molar-refractivity contribution in [1.29, 1.82) is 0 Å². The molecule has 15 nitrogen and oxygen atoms in total. The summed E-state index contributed by atoms with van der Waals surface area (Å²) in [7, 11) is 3.15. The molecule has 1 aromatic carbocycles. The van der Waals surface area contributed by atoms with Gasteiger partial charge in [-0.25, -0.2) is 4.79 Å². The number of Topliss-reactive ketones (excluding diaryl/α,β-unsaturated/α-hetero) is 1. The number of likely N-dealkylation sites (tertiary alicyclic amines) is 1. The van der Waals surface area contributed by atoms with E-state index >= 15 is 0 Å². The number of nitrogens with zero attached hydrogens (tertiary/aromatic N) is 2. The van der Waals surface area contributed by atoms with E-state index in [9.17, 15) is 33.6 Å². The molecule has 1 aromatic rings. The van der Waals surface area contributed by atoms with Crippen LogP contribution >= 0.6 is 0 Å². The number of ketones is 1. The molecule has 4 N–H and O–H groups in total. The first-order valence-electron chi connectivity index (χ1n) is 22.9. The minimum Gasteiger partial charge on any atom is -0.445 e. The molecule has 340 valence electrons. The number of carbonyl (C=O) groups excluding carboxylic acids is 7. The van der Waals surface area contributed by atoms with Crippen LogP contribution in [0.2, 0.25) is 0 Å². The minimum absolute atomic E-state index is 0.120. The Kier molecular flexibility index (Phi) is 13.1. The zero-order valence-corrected chi connectivity index (χ0v) is 37.6. The largest absolute Gasteiger partial charge is 0.445 e. The Morgan fingerprint density at radius 3 is 2.19 bits per heavy atom. The van der Waals surface area contributed by atoms with Gasteiger partial charge in [-0.2, -0.15) is 0 Å². The number of fused-ring (bicyclic) bond motifs is 3. The summed E-state index contributed by atoms with van der Waals surface area (Å²) in [6.07, 6.45) is 8.51. The fourth-order valence-electron chi connectivity index (χ4n) is 11.7. The number of benzene rings is 1. The van der Waals surface area contributed by atoms with E-state index < -0.39 is 72.0 Å². The van der Waals surface area contributed by atoms with Crippen LogP contribution in [-0.4, -0.2) is 114 Å². The van der Waals surface area contributed by atoms with Crippen LogP contribution < -0.4 is 21.3 Å². The average molecular weight is 861 g/mol. The van der Waals surface area contributed by atoms with Gasteiger partial charge >= 0.3 is 6.09 Å². The monoisotopic (exact) mass is 861 g/mol. The Morgan fingerprint density at radius 1 is 0.871 bits per heavy atom. The van der Waals surface area contributed by atoms with Gasteiger partial charge in [0.05, 0.1) is 24.3 Å². The van der Waals surface area contributed by atoms with E-state index in [4.69, 9.17) is 9.47 Å². The van der Waals surface area contributed by atoms with Crippen molar-refractivity contribution < 1.29 is 43.0 Å². The Balaban J connectivity index is 1.06. The van der Waals surface area contributed by atoms with E-state index in [0.717, 1.165) is 64.2 Å². The predicted octanol–water partition coefficient (Wildman–Crippen LogP) is 4.19. The lowest BCUT2D eigenvalue weighted by Crippen LogP contribution is -2.59. The maximum atomic E-state index is 15.0. The average Bonchev–Trinajstić information content (AvgIpc) is 3.67. The molecule has 7 rings (SSSR count). The van der Waals surface area contributed by atoms with Crippen molar-refractivity contribution in [1.82, 2.24) is 31.1 Å². The van der Waals surface area contributed by atoms with E-state index in [2.05, 4.69) is 42.0 Å². The summed E-state index contributed by atoms with van der Waals surface area (Å²) in [4.78, 5) is 99.8. The molecule has 2 bridgehead atoms. The number of hydrogen-bond donors (Lipinski definition) is 4. The fourth-order valence-corrected chi connectivity index (χ4v) is 11.7. The predicted molar refractivity (Wildman–Crippen MR) is 229 cm³/mol. The molecular weight excluding hydrogens is 793 g/mol. The zero-order chi connectivity index (χ0) is 44.7. The molecule has 15 heteroatoms. The highest BCUT2D eigenvalue weighted by Crippen LogP contribution is 2.63. The van der Waals surface area contributed by atoms with Crippen LogP contribution in [-0.2, 0) is 38.2 Å². The molecule has 4 saturated carbocycles. The second-order valence-electron chi connectivity index (χ2n) is 20.9. The van der Waals surface area contributed by atoms with Gasteiger partial charge in [-0.3, -0.25) is 28.8 Å². The second-order valence-corrected chi connectivity index (χ2v) is 20.9. The molecule has 6 aliphatic rings. The van der Waals surface area contributed by atoms with Crippen molar-refractivity contribution in [3.63, 3.8) is 0 Å². The van der Waals surface area contributed by atoms with Gasteiger partial charge in [0.1, 0.15) is 24.2 Å². The number of alkyl carbamates (subject to hydrolysis) is 1. The maximum absolute atomic E-state index is 15.0. The first kappa shape index (κ1) is 45.5. The number of carbonyl (C=O) groups is 7. The van der Waals surface area contributed by atoms with Crippen molar-refractivity contribution in [3.05, 3.63) is 35.9 Å². The highest BCUT2D eigenvalue weighted by molar-refractivity contribution is 6.38. The maximum Gasteiger partial charge on any atom is 0.408 e. The first-order valence-corrected chi connectivity index (χ1v) is 22.9. The van der Waals surface area contributed by atoms with E-state index in [1.807, 2.05) is 13.8 Å². The highest BCUT2D eigenvalue weighted by Gasteiger charge is 2.62. The lowest BCUT2D eigenvalue weighted by molar-refractivity contribution is -0.145. The number of nitrogens with one attached hydrogen (secondary N) is 4. The third-order valence-electron chi connectivity index (χ3n) is 15.0. The van der Waals surface area contributed by atoms with Crippen molar-refractivity contribution in [3.8, 4) is 0 Å². The number of rotatable bonds is 15. The summed E-state index contributed by atoms with van der Waals surface area (Å²) in [5.41, 5.74) is -0.311. The summed E-state index contributed by atoms with van der Waals surface area (Å²) in [5, 5.41) is 11.0. The van der Waals surface area contributed by atoms with Crippen LogP contribution in [0.5, 0.6) is 0 Å². The van der Waals surface area contributed by atoms with Crippen LogP contribution in [0.3, 0.4) is 0 Å². The Morgan fingerprint density at radius 2 is 1.56 bits per heavy atom. The second kappa shape index (κ2) is 17.9. The highest BCUT2D eigenvalue weighted by atomic mass is 16.6. The summed E-state index contributed by atoms with van der Waals surface area (Å²) >= 11 is 0. The van der Waals surface area contributed by atoms with Crippen molar-refractivity contribution in [2.75, 3.05) is 27.2 Å². The van der Waals surface area contributed by atoms with Crippen LogP contribution in [0.1, 0.15) is 123 Å². The van der Waals surface area contributed by atoms with Crippen LogP contribution in [0.15, 0.2) is 30.3 Å². The molecule has 2 aliphatic heterocycles. The Labute approximate surface area is 365 Å². The molecule has 0 radical (unpaired) electrons. The van der Waals surface area contributed by atoms with Crippen LogP contribution in [0.4, 0.5) is 4.79 Å². The molecule has 5 unspecified atom stereocenters. The number of likely N-dealkylation sites (N-methyl/N-ethyl adjacent to an activating group) is 1. The standard InChI is InChI=1S/C47H68N6O9/c1-45(2)24-31-33(62-45)26-53(42(59)36(29-16-12-9-13-17-29)51-44(60)61-43-46(3,4)30-20-21-47(43,5)23-30)37(31)39(56)49-32(22-27-18-19-27)38(55)40(57)48-25-34(54)50-35(41(58)52(6)7)28-14-10-8-11-15-28/h8,10-11,14-15,27,29-33,35-37,43H,9,12-13,16-26H2,1-7H3,(H,48,57)(H,49,56)(H,50,54)(H,51,60)/t30?,31-,32?,33-,35?,36-,37-,43?,47?/m0/s1. The minimum atomic E-state index is -1.20. The normalized spacial score (nSPS) is 29.7. The Hall–Kier alpha value is -4.53. The molecular formula is C47H68N6O9. The van der Waals surface area contributed by atoms with E-state index in [0.29, 0.717) is 17.9 Å². The van der Waals surface area contributed by atoms with Crippen LogP contribution in [0.25, 0.3) is 0 Å². The van der Waals surface area contributed by atoms with Gasteiger partial charge in [-0.15, -0.1) is 0 Å². The molecule has 6 fully saturated rings. The molecule has 6 amide bonds. The van der Waals surface area contributed by atoms with Crippen molar-refractivity contribution in [2.24, 2.45) is 34.5 Å². The third kappa shape index (κ3) is 9.67. The number of hydrogen-bond acceptors (Lipinski definition) is 9. The fraction of sp³-hybridized carbons (Fsp3) is 0.723. The van der Waals surface area contributed by atoms with E-state index in [-0.39, 0.29) is 59.5 Å². The van der Waals surface area contributed by atoms with Crippen LogP contribution in [0, 0.1) is 34.5 Å². The molecule has 2 saturated heterocycles. The summed E-state index contributed by atoms with van der Waals surface area (Å²) in [5.74, 6) is -3.88. The van der Waals surface area contributed by atoms with Crippen molar-refractivity contribution in [2.45, 2.75) is 154 Å². The van der Waals surface area contributed by atoms with E-state index in [1.54, 1.807) is 44.4 Å². The quantitative estimate of drug-likeness (QED) is 0.187. The van der Waals surface area contributed by atoms with Gasteiger partial charge in [-0.05, 0) is 82.1 Å². The molecule has 62 heavy (non-hydrogen) atoms. The van der Waals surface area contributed by atoms with Crippen molar-refractivity contribution >= 4 is 41.4 Å². The summed E-state index contributed by atoms with van der Waals surface area (Å²) in [6, 6.07) is 4.55. The van der Waals surface area contributed by atoms with E-state index in [1.165, 1.54) is 9.80 Å². The molecule has 0 aromatic heterocycles. The van der Waals surface area contributed by atoms with Gasteiger partial charge < -0.3 is 40.5 Å². The van der Waals surface area contributed by atoms with Gasteiger partial charge in [0.2, 0.25) is 29.4 Å². The third-order valence-corrected chi connectivity index (χ3v) is 15.0. The first-order chi connectivity index (χ1) is 29.3. The lowest BCUT2D eigenvalue weighted by atomic mass is 9.70. The molecule has 9 atom stereocenters.